The van der Waals surface area contributed by atoms with Gasteiger partial charge in [-0.25, -0.2) is 4.39 Å². The van der Waals surface area contributed by atoms with E-state index in [1.165, 1.54) is 6.07 Å². The van der Waals surface area contributed by atoms with Gasteiger partial charge in [0.15, 0.2) is 0 Å². The summed E-state index contributed by atoms with van der Waals surface area (Å²) in [5.74, 6) is 0.0686. The SMILES string of the molecule is O=C(C1CCOCC1)N1CCc2[nH]c3ccc(F)cc3c2C1. The Morgan fingerprint density at radius 3 is 2.95 bits per heavy atom. The maximum atomic E-state index is 13.5. The van der Waals surface area contributed by atoms with Crippen LogP contribution in [0, 0.1) is 11.7 Å². The van der Waals surface area contributed by atoms with E-state index in [-0.39, 0.29) is 17.6 Å². The molecule has 4 rings (SSSR count). The third kappa shape index (κ3) is 2.29. The standard InChI is InChI=1S/C17H19FN2O2/c18-12-1-2-15-13(9-12)14-10-20(6-3-16(14)19-15)17(21)11-4-7-22-8-5-11/h1-2,9,11,19H,3-8,10H2. The van der Waals surface area contributed by atoms with Crippen LogP contribution in [0.15, 0.2) is 18.2 Å². The van der Waals surface area contributed by atoms with Gasteiger partial charge in [0, 0.05) is 60.8 Å². The maximum absolute atomic E-state index is 13.5. The van der Waals surface area contributed by atoms with Gasteiger partial charge in [0.2, 0.25) is 5.91 Å². The number of hydrogen-bond acceptors (Lipinski definition) is 2. The van der Waals surface area contributed by atoms with E-state index in [2.05, 4.69) is 4.98 Å². The number of benzene rings is 1. The molecule has 0 atom stereocenters. The first kappa shape index (κ1) is 13.8. The molecule has 5 heteroatoms. The van der Waals surface area contributed by atoms with Gasteiger partial charge in [0.05, 0.1) is 0 Å². The Hall–Kier alpha value is -1.88. The number of carbonyl (C=O) groups excluding carboxylic acids is 1. The molecule has 116 valence electrons. The smallest absolute Gasteiger partial charge is 0.226 e. The lowest BCUT2D eigenvalue weighted by Crippen LogP contribution is -2.41. The predicted octanol–water partition coefficient (Wildman–Crippen LogP) is 2.62. The zero-order valence-electron chi connectivity index (χ0n) is 12.4. The normalized spacial score (nSPS) is 19.4. The maximum Gasteiger partial charge on any atom is 0.226 e. The van der Waals surface area contributed by atoms with Crippen molar-refractivity contribution in [3.05, 3.63) is 35.3 Å². The van der Waals surface area contributed by atoms with Crippen molar-refractivity contribution in [2.45, 2.75) is 25.8 Å². The van der Waals surface area contributed by atoms with Crippen LogP contribution in [0.2, 0.25) is 0 Å². The van der Waals surface area contributed by atoms with E-state index >= 15 is 0 Å². The first-order valence-corrected chi connectivity index (χ1v) is 7.88. The second-order valence-corrected chi connectivity index (χ2v) is 6.17. The molecule has 2 aromatic rings. The lowest BCUT2D eigenvalue weighted by Gasteiger charge is -2.32. The van der Waals surface area contributed by atoms with E-state index in [4.69, 9.17) is 4.74 Å². The molecular weight excluding hydrogens is 283 g/mol. The molecule has 0 spiro atoms. The molecule has 1 N–H and O–H groups in total. The Balaban J connectivity index is 1.61. The van der Waals surface area contributed by atoms with Crippen LogP contribution in [0.3, 0.4) is 0 Å². The second-order valence-electron chi connectivity index (χ2n) is 6.17. The number of rotatable bonds is 1. The van der Waals surface area contributed by atoms with E-state index in [1.807, 2.05) is 4.90 Å². The molecular formula is C17H19FN2O2. The molecule has 1 amide bonds. The van der Waals surface area contributed by atoms with Crippen LogP contribution >= 0.6 is 0 Å². The van der Waals surface area contributed by atoms with E-state index in [1.54, 1.807) is 12.1 Å². The number of aromatic amines is 1. The molecule has 1 aromatic carbocycles. The number of nitrogens with zero attached hydrogens (tertiary/aromatic N) is 1. The Bertz CT molecular complexity index is 719. The van der Waals surface area contributed by atoms with Crippen molar-refractivity contribution in [2.75, 3.05) is 19.8 Å². The summed E-state index contributed by atoms with van der Waals surface area (Å²) in [6.45, 7) is 2.66. The zero-order chi connectivity index (χ0) is 15.1. The van der Waals surface area contributed by atoms with Gasteiger partial charge in [-0.1, -0.05) is 0 Å². The molecule has 1 aromatic heterocycles. The molecule has 0 unspecified atom stereocenters. The molecule has 1 saturated heterocycles. The summed E-state index contributed by atoms with van der Waals surface area (Å²) in [6, 6.07) is 4.80. The number of amides is 1. The Kier molecular flexibility index (Phi) is 3.37. The van der Waals surface area contributed by atoms with E-state index < -0.39 is 0 Å². The minimum atomic E-state index is -0.234. The second kappa shape index (κ2) is 5.39. The van der Waals surface area contributed by atoms with Gasteiger partial charge in [-0.05, 0) is 31.0 Å². The highest BCUT2D eigenvalue weighted by molar-refractivity contribution is 5.86. The molecule has 3 heterocycles. The minimum absolute atomic E-state index is 0.0808. The van der Waals surface area contributed by atoms with Crippen molar-refractivity contribution < 1.29 is 13.9 Å². The number of ether oxygens (including phenoxy) is 1. The summed E-state index contributed by atoms with van der Waals surface area (Å²) >= 11 is 0. The molecule has 0 bridgehead atoms. The highest BCUT2D eigenvalue weighted by atomic mass is 19.1. The summed E-state index contributed by atoms with van der Waals surface area (Å²) in [5.41, 5.74) is 3.16. The van der Waals surface area contributed by atoms with Gasteiger partial charge in [0.1, 0.15) is 5.82 Å². The van der Waals surface area contributed by atoms with Gasteiger partial charge < -0.3 is 14.6 Å². The quantitative estimate of drug-likeness (QED) is 0.880. The fourth-order valence-corrected chi connectivity index (χ4v) is 3.58. The van der Waals surface area contributed by atoms with E-state index in [0.29, 0.717) is 19.8 Å². The number of fused-ring (bicyclic) bond motifs is 3. The molecule has 2 aliphatic rings. The first-order chi connectivity index (χ1) is 10.7. The third-order valence-electron chi connectivity index (χ3n) is 4.82. The van der Waals surface area contributed by atoms with Crippen molar-refractivity contribution >= 4 is 16.8 Å². The molecule has 0 saturated carbocycles. The molecule has 22 heavy (non-hydrogen) atoms. The average molecular weight is 302 g/mol. The van der Waals surface area contributed by atoms with Crippen molar-refractivity contribution in [1.29, 1.82) is 0 Å². The van der Waals surface area contributed by atoms with Crippen LogP contribution in [0.5, 0.6) is 0 Å². The highest BCUT2D eigenvalue weighted by Crippen LogP contribution is 2.30. The van der Waals surface area contributed by atoms with Gasteiger partial charge >= 0.3 is 0 Å². The largest absolute Gasteiger partial charge is 0.381 e. The van der Waals surface area contributed by atoms with Crippen molar-refractivity contribution in [3.8, 4) is 0 Å². The number of halogens is 1. The van der Waals surface area contributed by atoms with Crippen LogP contribution < -0.4 is 0 Å². The number of hydrogen-bond donors (Lipinski definition) is 1. The van der Waals surface area contributed by atoms with Crippen LogP contribution in [0.4, 0.5) is 4.39 Å². The lowest BCUT2D eigenvalue weighted by atomic mass is 9.96. The van der Waals surface area contributed by atoms with Crippen molar-refractivity contribution in [2.24, 2.45) is 5.92 Å². The summed E-state index contributed by atoms with van der Waals surface area (Å²) < 4.78 is 18.9. The molecule has 1 fully saturated rings. The monoisotopic (exact) mass is 302 g/mol. The van der Waals surface area contributed by atoms with Crippen molar-refractivity contribution in [3.63, 3.8) is 0 Å². The third-order valence-corrected chi connectivity index (χ3v) is 4.82. The van der Waals surface area contributed by atoms with Gasteiger partial charge in [-0.2, -0.15) is 0 Å². The summed E-state index contributed by atoms with van der Waals surface area (Å²) in [6.07, 6.45) is 2.43. The molecule has 0 aliphatic carbocycles. The van der Waals surface area contributed by atoms with Gasteiger partial charge in [-0.15, -0.1) is 0 Å². The average Bonchev–Trinajstić information content (AvgIpc) is 2.92. The van der Waals surface area contributed by atoms with Crippen LogP contribution in [-0.2, 0) is 22.5 Å². The van der Waals surface area contributed by atoms with E-state index in [9.17, 15) is 9.18 Å². The van der Waals surface area contributed by atoms with E-state index in [0.717, 1.165) is 48.0 Å². The zero-order valence-corrected chi connectivity index (χ0v) is 12.4. The topological polar surface area (TPSA) is 45.3 Å². The fourth-order valence-electron chi connectivity index (χ4n) is 3.58. The number of nitrogens with one attached hydrogen (secondary N) is 1. The molecule has 2 aliphatic heterocycles. The first-order valence-electron chi connectivity index (χ1n) is 7.88. The highest BCUT2D eigenvalue weighted by Gasteiger charge is 2.30. The van der Waals surface area contributed by atoms with Gasteiger partial charge in [0.25, 0.3) is 0 Å². The van der Waals surface area contributed by atoms with Crippen molar-refractivity contribution in [1.82, 2.24) is 9.88 Å². The van der Waals surface area contributed by atoms with Crippen LogP contribution in [0.25, 0.3) is 10.9 Å². The Morgan fingerprint density at radius 2 is 2.14 bits per heavy atom. The molecule has 0 radical (unpaired) electrons. The summed E-state index contributed by atoms with van der Waals surface area (Å²) in [7, 11) is 0. The summed E-state index contributed by atoms with van der Waals surface area (Å²) in [5, 5.41) is 0.902. The predicted molar refractivity (Wildman–Crippen MR) is 80.9 cm³/mol. The lowest BCUT2D eigenvalue weighted by molar-refractivity contribution is -0.139. The number of carbonyl (C=O) groups is 1. The number of aromatic nitrogens is 1. The molecule has 4 nitrogen and oxygen atoms in total. The number of H-pyrrole nitrogens is 1. The Morgan fingerprint density at radius 1 is 1.32 bits per heavy atom. The minimum Gasteiger partial charge on any atom is -0.381 e. The van der Waals surface area contributed by atoms with Crippen LogP contribution in [0.1, 0.15) is 24.1 Å². The Labute approximate surface area is 128 Å². The fraction of sp³-hybridized carbons (Fsp3) is 0.471. The summed E-state index contributed by atoms with van der Waals surface area (Å²) in [4.78, 5) is 18.0. The van der Waals surface area contributed by atoms with Gasteiger partial charge in [-0.3, -0.25) is 4.79 Å². The van der Waals surface area contributed by atoms with Crippen LogP contribution in [-0.4, -0.2) is 35.5 Å².